The summed E-state index contributed by atoms with van der Waals surface area (Å²) in [5, 5.41) is 0. The van der Waals surface area contributed by atoms with Crippen molar-refractivity contribution in [2.75, 3.05) is 19.8 Å². The van der Waals surface area contributed by atoms with Crippen molar-refractivity contribution in [3.8, 4) is 0 Å². The van der Waals surface area contributed by atoms with E-state index in [9.17, 15) is 0 Å². The Balaban J connectivity index is 2.40. The van der Waals surface area contributed by atoms with Crippen LogP contribution in [-0.2, 0) is 13.3 Å². The van der Waals surface area contributed by atoms with E-state index >= 15 is 0 Å². The summed E-state index contributed by atoms with van der Waals surface area (Å²) >= 11 is -0.0851. The first kappa shape index (κ1) is 18.2. The maximum absolute atomic E-state index is 5.87. The van der Waals surface area contributed by atoms with Gasteiger partial charge in [0.25, 0.3) is 0 Å². The molecule has 0 bridgehead atoms. The second-order valence-electron chi connectivity index (χ2n) is 4.25. The molecule has 0 saturated heterocycles. The predicted octanol–water partition coefficient (Wildman–Crippen LogP) is 2.87. The van der Waals surface area contributed by atoms with Gasteiger partial charge in [0.2, 0.25) is 0 Å². The van der Waals surface area contributed by atoms with Gasteiger partial charge in [0, 0.05) is 0 Å². The number of hydrogen-bond donors (Lipinski definition) is 0. The molecule has 0 aromatic heterocycles. The van der Waals surface area contributed by atoms with Crippen molar-refractivity contribution in [3.63, 3.8) is 0 Å². The van der Waals surface area contributed by atoms with Crippen molar-refractivity contribution in [1.29, 1.82) is 0 Å². The van der Waals surface area contributed by atoms with Gasteiger partial charge in [0.15, 0.2) is 0 Å². The van der Waals surface area contributed by atoms with Crippen molar-refractivity contribution in [2.24, 2.45) is 0 Å². The molecule has 5 heteroatoms. The summed E-state index contributed by atoms with van der Waals surface area (Å²) in [5.74, 6) is 0. The van der Waals surface area contributed by atoms with Gasteiger partial charge in [-0.2, -0.15) is 0 Å². The Labute approximate surface area is 134 Å². The van der Waals surface area contributed by atoms with Gasteiger partial charge in [-0.25, -0.2) is 0 Å². The fourth-order valence-electron chi connectivity index (χ4n) is 2.00. The van der Waals surface area contributed by atoms with E-state index in [1.54, 1.807) is 0 Å². The van der Waals surface area contributed by atoms with Gasteiger partial charge < -0.3 is 0 Å². The Hall–Kier alpha value is 0.106. The summed E-state index contributed by atoms with van der Waals surface area (Å²) in [7, 11) is -2.41. The van der Waals surface area contributed by atoms with E-state index in [2.05, 4.69) is 30.3 Å². The third-order valence-electron chi connectivity index (χ3n) is 2.73. The molecule has 0 N–H and O–H groups in total. The van der Waals surface area contributed by atoms with Gasteiger partial charge in [-0.1, -0.05) is 0 Å². The van der Waals surface area contributed by atoms with Crippen molar-refractivity contribution >= 4 is 33.3 Å². The van der Waals surface area contributed by atoms with Crippen LogP contribution in [0, 0.1) is 0 Å². The molecule has 0 amide bonds. The molecular weight excluding hydrogens is 384 g/mol. The molecule has 0 heterocycles. The summed E-state index contributed by atoms with van der Waals surface area (Å²) < 4.78 is 20.4. The van der Waals surface area contributed by atoms with Gasteiger partial charge in [-0.15, -0.1) is 0 Å². The summed E-state index contributed by atoms with van der Waals surface area (Å²) in [6.45, 7) is 8.04. The molecule has 1 aromatic carbocycles. The zero-order chi connectivity index (χ0) is 14.7. The van der Waals surface area contributed by atoms with Crippen LogP contribution in [0.15, 0.2) is 30.3 Å². The molecule has 0 aliphatic rings. The summed E-state index contributed by atoms with van der Waals surface area (Å²) in [6.07, 6.45) is 1.14. The minimum atomic E-state index is -2.41. The van der Waals surface area contributed by atoms with Crippen molar-refractivity contribution in [3.05, 3.63) is 30.3 Å². The predicted molar refractivity (Wildman–Crippen MR) is 86.7 cm³/mol. The molecule has 0 aliphatic heterocycles. The Kier molecular flexibility index (Phi) is 9.79. The van der Waals surface area contributed by atoms with Crippen LogP contribution in [0.4, 0.5) is 0 Å². The van der Waals surface area contributed by atoms with E-state index in [1.807, 2.05) is 20.8 Å². The average Bonchev–Trinajstić information content (AvgIpc) is 2.46. The monoisotopic (exact) mass is 412 g/mol. The minimum absolute atomic E-state index is 0.0851. The Morgan fingerprint density at radius 3 is 1.95 bits per heavy atom. The first-order valence-corrected chi connectivity index (χ1v) is 12.1. The van der Waals surface area contributed by atoms with E-state index < -0.39 is 8.80 Å². The van der Waals surface area contributed by atoms with Crippen LogP contribution in [0.25, 0.3) is 0 Å². The molecule has 1 aromatic rings. The van der Waals surface area contributed by atoms with E-state index in [0.717, 1.165) is 12.5 Å². The summed E-state index contributed by atoms with van der Waals surface area (Å²) in [5.41, 5.74) is 0. The van der Waals surface area contributed by atoms with Crippen LogP contribution in [0.3, 0.4) is 0 Å². The van der Waals surface area contributed by atoms with Crippen molar-refractivity contribution in [1.82, 2.24) is 0 Å². The molecule has 20 heavy (non-hydrogen) atoms. The van der Waals surface area contributed by atoms with Crippen LogP contribution >= 0.6 is 0 Å². The normalized spacial score (nSPS) is 11.8. The number of rotatable bonds is 11. The number of hydrogen-bond acceptors (Lipinski definition) is 3. The molecule has 0 fully saturated rings. The molecular formula is C15H26O3SiTe. The quantitative estimate of drug-likeness (QED) is 0.415. The first-order chi connectivity index (χ1) is 9.76. The van der Waals surface area contributed by atoms with E-state index in [-0.39, 0.29) is 20.9 Å². The second kappa shape index (κ2) is 10.8. The molecule has 0 atom stereocenters. The SMILES string of the molecule is CCO[Si](CCC[Te]c1ccccc1)(OCC)OCC. The topological polar surface area (TPSA) is 27.7 Å². The van der Waals surface area contributed by atoms with Crippen LogP contribution in [0.2, 0.25) is 10.5 Å². The van der Waals surface area contributed by atoms with E-state index in [1.165, 1.54) is 8.08 Å². The van der Waals surface area contributed by atoms with Gasteiger partial charge in [0.05, 0.1) is 0 Å². The summed E-state index contributed by atoms with van der Waals surface area (Å²) in [4.78, 5) is 0. The fourth-order valence-corrected chi connectivity index (χ4v) is 7.89. The van der Waals surface area contributed by atoms with Gasteiger partial charge in [-0.05, 0) is 0 Å². The third-order valence-corrected chi connectivity index (χ3v) is 9.02. The molecule has 3 nitrogen and oxygen atoms in total. The number of benzene rings is 1. The molecule has 0 saturated carbocycles. The van der Waals surface area contributed by atoms with Crippen LogP contribution < -0.4 is 3.61 Å². The van der Waals surface area contributed by atoms with Crippen molar-refractivity contribution in [2.45, 2.75) is 37.7 Å². The van der Waals surface area contributed by atoms with E-state index in [4.69, 9.17) is 13.3 Å². The van der Waals surface area contributed by atoms with Crippen molar-refractivity contribution < 1.29 is 13.3 Å². The van der Waals surface area contributed by atoms with Crippen LogP contribution in [0.5, 0.6) is 0 Å². The zero-order valence-electron chi connectivity index (χ0n) is 12.8. The molecule has 0 unspecified atom stereocenters. The maximum atomic E-state index is 5.87. The van der Waals surface area contributed by atoms with E-state index in [0.29, 0.717) is 19.8 Å². The molecule has 114 valence electrons. The van der Waals surface area contributed by atoms with Crippen LogP contribution in [-0.4, -0.2) is 49.5 Å². The standard InChI is InChI=1S/C15H26O3SiTe/c1-4-16-19(17-5-2,18-6-3)13-10-14-20-15-11-8-7-9-12-15/h7-9,11-12H,4-6,10,13-14H2,1-3H3. The molecule has 0 radical (unpaired) electrons. The molecule has 0 aliphatic carbocycles. The van der Waals surface area contributed by atoms with Crippen LogP contribution in [0.1, 0.15) is 27.2 Å². The Morgan fingerprint density at radius 1 is 0.900 bits per heavy atom. The zero-order valence-corrected chi connectivity index (χ0v) is 16.1. The third kappa shape index (κ3) is 6.71. The fraction of sp³-hybridized carbons (Fsp3) is 0.600. The first-order valence-electron chi connectivity index (χ1n) is 7.36. The molecule has 0 spiro atoms. The second-order valence-corrected chi connectivity index (χ2v) is 10.3. The average molecular weight is 410 g/mol. The molecule has 1 rings (SSSR count). The van der Waals surface area contributed by atoms with Gasteiger partial charge >= 0.3 is 134 Å². The van der Waals surface area contributed by atoms with Gasteiger partial charge in [-0.3, -0.25) is 0 Å². The summed E-state index contributed by atoms with van der Waals surface area (Å²) in [6, 6.07) is 11.7. The Morgan fingerprint density at radius 2 is 1.45 bits per heavy atom. The van der Waals surface area contributed by atoms with Gasteiger partial charge in [0.1, 0.15) is 0 Å². The Bertz CT molecular complexity index is 331.